The summed E-state index contributed by atoms with van der Waals surface area (Å²) in [5.41, 5.74) is 11.3. The molecule has 2 aromatic rings. The van der Waals surface area contributed by atoms with Crippen molar-refractivity contribution >= 4 is 5.69 Å². The molecule has 1 aliphatic rings. The maximum Gasteiger partial charge on any atom is 0.0484 e. The number of hydrogen-bond acceptors (Lipinski definition) is 3. The average molecular weight is 324 g/mol. The van der Waals surface area contributed by atoms with E-state index in [1.165, 1.54) is 23.1 Å². The SMILES string of the molecule is CCCc1ccc(-c2ccc(NCC3(N)CCOCC3)cc2)cc1. The Hall–Kier alpha value is -1.84. The number of rotatable bonds is 6. The van der Waals surface area contributed by atoms with Gasteiger partial charge in [-0.2, -0.15) is 0 Å². The van der Waals surface area contributed by atoms with Gasteiger partial charge in [0, 0.05) is 31.0 Å². The minimum absolute atomic E-state index is 0.147. The second kappa shape index (κ2) is 7.82. The molecule has 0 amide bonds. The van der Waals surface area contributed by atoms with Crippen LogP contribution in [0.25, 0.3) is 11.1 Å². The quantitative estimate of drug-likeness (QED) is 0.836. The lowest BCUT2D eigenvalue weighted by molar-refractivity contribution is 0.0575. The molecule has 1 aliphatic heterocycles. The number of benzene rings is 2. The summed E-state index contributed by atoms with van der Waals surface area (Å²) in [6, 6.07) is 17.5. The van der Waals surface area contributed by atoms with Crippen LogP contribution in [-0.4, -0.2) is 25.3 Å². The summed E-state index contributed by atoms with van der Waals surface area (Å²) in [6.07, 6.45) is 4.17. The fraction of sp³-hybridized carbons (Fsp3) is 0.429. The Kier molecular flexibility index (Phi) is 5.54. The van der Waals surface area contributed by atoms with Crippen LogP contribution in [0, 0.1) is 0 Å². The lowest BCUT2D eigenvalue weighted by atomic mass is 9.91. The standard InChI is InChI=1S/C21H28N2O/c1-2-3-17-4-6-18(7-5-17)19-8-10-20(11-9-19)23-16-21(22)12-14-24-15-13-21/h4-11,23H,2-3,12-16,22H2,1H3. The van der Waals surface area contributed by atoms with Gasteiger partial charge in [-0.1, -0.05) is 49.7 Å². The molecular formula is C21H28N2O. The van der Waals surface area contributed by atoms with Crippen molar-refractivity contribution in [2.75, 3.05) is 25.1 Å². The van der Waals surface area contributed by atoms with Crippen molar-refractivity contribution in [3.63, 3.8) is 0 Å². The number of hydrogen-bond donors (Lipinski definition) is 2. The summed E-state index contributed by atoms with van der Waals surface area (Å²) >= 11 is 0. The lowest BCUT2D eigenvalue weighted by Crippen LogP contribution is -2.50. The molecule has 3 rings (SSSR count). The summed E-state index contributed by atoms with van der Waals surface area (Å²) < 4.78 is 5.40. The van der Waals surface area contributed by atoms with Gasteiger partial charge in [-0.3, -0.25) is 0 Å². The molecule has 0 aliphatic carbocycles. The number of nitrogens with two attached hydrogens (primary N) is 1. The number of anilines is 1. The molecule has 0 aromatic heterocycles. The van der Waals surface area contributed by atoms with Crippen LogP contribution in [-0.2, 0) is 11.2 Å². The average Bonchev–Trinajstić information content (AvgIpc) is 2.62. The first-order valence-electron chi connectivity index (χ1n) is 8.98. The second-order valence-corrected chi connectivity index (χ2v) is 6.85. The molecule has 2 aromatic carbocycles. The number of aryl methyl sites for hydroxylation is 1. The highest BCUT2D eigenvalue weighted by Gasteiger charge is 2.27. The number of ether oxygens (including phenoxy) is 1. The Morgan fingerprint density at radius 2 is 1.54 bits per heavy atom. The molecule has 0 radical (unpaired) electrons. The van der Waals surface area contributed by atoms with Crippen molar-refractivity contribution in [1.82, 2.24) is 0 Å². The smallest absolute Gasteiger partial charge is 0.0484 e. The summed E-state index contributed by atoms with van der Waals surface area (Å²) in [6.45, 7) is 4.54. The van der Waals surface area contributed by atoms with E-state index in [1.807, 2.05) is 0 Å². The van der Waals surface area contributed by atoms with Crippen LogP contribution >= 0.6 is 0 Å². The first-order chi connectivity index (χ1) is 11.7. The van der Waals surface area contributed by atoms with Gasteiger partial charge in [0.05, 0.1) is 0 Å². The zero-order valence-corrected chi connectivity index (χ0v) is 14.6. The molecule has 0 unspecified atom stereocenters. The van der Waals surface area contributed by atoms with Gasteiger partial charge in [0.2, 0.25) is 0 Å². The van der Waals surface area contributed by atoms with E-state index >= 15 is 0 Å². The van der Waals surface area contributed by atoms with Gasteiger partial charge in [-0.05, 0) is 48.1 Å². The Morgan fingerprint density at radius 1 is 0.958 bits per heavy atom. The van der Waals surface area contributed by atoms with Crippen LogP contribution in [0.1, 0.15) is 31.7 Å². The Morgan fingerprint density at radius 3 is 2.12 bits per heavy atom. The van der Waals surface area contributed by atoms with Crippen LogP contribution < -0.4 is 11.1 Å². The highest BCUT2D eigenvalue weighted by Crippen LogP contribution is 2.23. The van der Waals surface area contributed by atoms with E-state index in [0.29, 0.717) is 0 Å². The Balaban J connectivity index is 1.60. The van der Waals surface area contributed by atoms with Crippen molar-refractivity contribution in [2.24, 2.45) is 5.73 Å². The predicted molar refractivity (Wildman–Crippen MR) is 101 cm³/mol. The van der Waals surface area contributed by atoms with E-state index in [4.69, 9.17) is 10.5 Å². The van der Waals surface area contributed by atoms with Crippen molar-refractivity contribution in [3.8, 4) is 11.1 Å². The van der Waals surface area contributed by atoms with Gasteiger partial charge in [-0.25, -0.2) is 0 Å². The Bertz CT molecular complexity index is 628. The molecular weight excluding hydrogens is 296 g/mol. The van der Waals surface area contributed by atoms with E-state index in [0.717, 1.165) is 44.7 Å². The van der Waals surface area contributed by atoms with Crippen molar-refractivity contribution in [2.45, 2.75) is 38.1 Å². The molecule has 1 heterocycles. The van der Waals surface area contributed by atoms with Crippen molar-refractivity contribution in [3.05, 3.63) is 54.1 Å². The normalized spacial score (nSPS) is 16.8. The minimum atomic E-state index is -0.147. The van der Waals surface area contributed by atoms with E-state index in [2.05, 4.69) is 60.8 Å². The van der Waals surface area contributed by atoms with Gasteiger partial charge < -0.3 is 15.8 Å². The first-order valence-corrected chi connectivity index (χ1v) is 8.98. The van der Waals surface area contributed by atoms with E-state index in [1.54, 1.807) is 0 Å². The molecule has 3 heteroatoms. The monoisotopic (exact) mass is 324 g/mol. The maximum absolute atomic E-state index is 6.42. The first kappa shape index (κ1) is 17.0. The predicted octanol–water partition coefficient (Wildman–Crippen LogP) is 4.23. The molecule has 1 saturated heterocycles. The largest absolute Gasteiger partial charge is 0.383 e. The summed E-state index contributed by atoms with van der Waals surface area (Å²) in [7, 11) is 0. The zero-order valence-electron chi connectivity index (χ0n) is 14.6. The summed E-state index contributed by atoms with van der Waals surface area (Å²) in [4.78, 5) is 0. The van der Waals surface area contributed by atoms with Gasteiger partial charge in [0.25, 0.3) is 0 Å². The second-order valence-electron chi connectivity index (χ2n) is 6.85. The van der Waals surface area contributed by atoms with Gasteiger partial charge in [-0.15, -0.1) is 0 Å². The molecule has 0 bridgehead atoms. The van der Waals surface area contributed by atoms with E-state index in [9.17, 15) is 0 Å². The summed E-state index contributed by atoms with van der Waals surface area (Å²) in [5.74, 6) is 0. The van der Waals surface area contributed by atoms with Crippen molar-refractivity contribution < 1.29 is 4.74 Å². The minimum Gasteiger partial charge on any atom is -0.383 e. The number of nitrogens with one attached hydrogen (secondary N) is 1. The highest BCUT2D eigenvalue weighted by atomic mass is 16.5. The van der Waals surface area contributed by atoms with E-state index in [-0.39, 0.29) is 5.54 Å². The van der Waals surface area contributed by atoms with Crippen LogP contribution in [0.3, 0.4) is 0 Å². The fourth-order valence-corrected chi connectivity index (χ4v) is 3.17. The molecule has 3 N–H and O–H groups in total. The zero-order chi connectivity index (χ0) is 16.8. The molecule has 0 spiro atoms. The molecule has 0 saturated carbocycles. The lowest BCUT2D eigenvalue weighted by Gasteiger charge is -2.33. The van der Waals surface area contributed by atoms with Crippen LogP contribution in [0.4, 0.5) is 5.69 Å². The highest BCUT2D eigenvalue weighted by molar-refractivity contribution is 5.66. The van der Waals surface area contributed by atoms with Crippen LogP contribution in [0.15, 0.2) is 48.5 Å². The summed E-state index contributed by atoms with van der Waals surface area (Å²) in [5, 5.41) is 3.48. The van der Waals surface area contributed by atoms with Crippen molar-refractivity contribution in [1.29, 1.82) is 0 Å². The van der Waals surface area contributed by atoms with E-state index < -0.39 is 0 Å². The van der Waals surface area contributed by atoms with Crippen LogP contribution in [0.2, 0.25) is 0 Å². The Labute approximate surface area is 145 Å². The molecule has 3 nitrogen and oxygen atoms in total. The fourth-order valence-electron chi connectivity index (χ4n) is 3.17. The molecule has 1 fully saturated rings. The molecule has 128 valence electrons. The van der Waals surface area contributed by atoms with Crippen LogP contribution in [0.5, 0.6) is 0 Å². The van der Waals surface area contributed by atoms with Gasteiger partial charge in [0.15, 0.2) is 0 Å². The third-order valence-corrected chi connectivity index (χ3v) is 4.84. The topological polar surface area (TPSA) is 47.3 Å². The molecule has 0 atom stereocenters. The third kappa shape index (κ3) is 4.37. The maximum atomic E-state index is 6.42. The molecule has 24 heavy (non-hydrogen) atoms. The van der Waals surface area contributed by atoms with Gasteiger partial charge >= 0.3 is 0 Å². The third-order valence-electron chi connectivity index (χ3n) is 4.84. The van der Waals surface area contributed by atoms with Gasteiger partial charge in [0.1, 0.15) is 0 Å².